The van der Waals surface area contributed by atoms with E-state index in [2.05, 4.69) is 107 Å². The monoisotopic (exact) mass is 476 g/mol. The lowest BCUT2D eigenvalue weighted by Gasteiger charge is -2.58. The summed E-state index contributed by atoms with van der Waals surface area (Å²) in [5, 5.41) is 13.6. The third kappa shape index (κ3) is 4.10. The van der Waals surface area contributed by atoms with E-state index in [-0.39, 0.29) is 5.41 Å². The van der Waals surface area contributed by atoms with Gasteiger partial charge in [-0.05, 0) is 59.1 Å². The molecule has 0 radical (unpaired) electrons. The Bertz CT molecular complexity index is 1220. The minimum Gasteiger partial charge on any atom is -0.379 e. The summed E-state index contributed by atoms with van der Waals surface area (Å²) >= 11 is 0. The third-order valence-electron chi connectivity index (χ3n) is 8.31. The van der Waals surface area contributed by atoms with Gasteiger partial charge in [-0.2, -0.15) is 0 Å². The average molecular weight is 477 g/mol. The van der Waals surface area contributed by atoms with Crippen LogP contribution in [0.25, 0.3) is 0 Å². The Balaban J connectivity index is 2.28. The molecule has 0 aromatic heterocycles. The van der Waals surface area contributed by atoms with E-state index in [1.54, 1.807) is 0 Å². The van der Waals surface area contributed by atoms with Crippen molar-refractivity contribution in [3.63, 3.8) is 0 Å². The average Bonchev–Trinajstić information content (AvgIpc) is 2.91. The molecule has 1 N–H and O–H groups in total. The molecular weight excluding hydrogens is 436 g/mol. The molecule has 36 heavy (non-hydrogen) atoms. The van der Waals surface area contributed by atoms with Crippen molar-refractivity contribution in [2.45, 2.75) is 64.9 Å². The van der Waals surface area contributed by atoms with E-state index in [4.69, 9.17) is 0 Å². The SMILES string of the molecule is CCCCC(C)(C)C(c1ccccc1)(c1cccc(C)c1C)C(O)(c1ccccc1)c1ccccc1. The van der Waals surface area contributed by atoms with Crippen LogP contribution in [0.15, 0.2) is 109 Å². The first-order chi connectivity index (χ1) is 17.3. The smallest absolute Gasteiger partial charge is 0.129 e. The van der Waals surface area contributed by atoms with Crippen LogP contribution in [-0.4, -0.2) is 5.11 Å². The molecule has 0 fully saturated rings. The first-order valence-corrected chi connectivity index (χ1v) is 13.3. The van der Waals surface area contributed by atoms with E-state index in [1.807, 2.05) is 36.4 Å². The summed E-state index contributed by atoms with van der Waals surface area (Å²) in [5.41, 5.74) is 4.21. The van der Waals surface area contributed by atoms with Crippen LogP contribution in [-0.2, 0) is 11.0 Å². The van der Waals surface area contributed by atoms with Crippen molar-refractivity contribution in [2.75, 3.05) is 0 Å². The Morgan fingerprint density at radius 2 is 1.08 bits per heavy atom. The molecule has 0 bridgehead atoms. The largest absolute Gasteiger partial charge is 0.379 e. The Morgan fingerprint density at radius 1 is 0.611 bits per heavy atom. The van der Waals surface area contributed by atoms with Crippen molar-refractivity contribution in [3.8, 4) is 0 Å². The molecule has 0 aliphatic carbocycles. The zero-order valence-electron chi connectivity index (χ0n) is 22.5. The lowest BCUT2D eigenvalue weighted by Crippen LogP contribution is -2.59. The highest BCUT2D eigenvalue weighted by atomic mass is 16.3. The Kier molecular flexibility index (Phi) is 7.52. The maximum absolute atomic E-state index is 13.6. The molecule has 1 nitrogen and oxygen atoms in total. The van der Waals surface area contributed by atoms with Crippen LogP contribution in [0.1, 0.15) is 73.4 Å². The minimum absolute atomic E-state index is 0.302. The fourth-order valence-corrected chi connectivity index (χ4v) is 6.41. The molecule has 1 heteroatoms. The quantitative estimate of drug-likeness (QED) is 0.256. The zero-order valence-corrected chi connectivity index (χ0v) is 22.5. The van der Waals surface area contributed by atoms with E-state index in [0.29, 0.717) is 0 Å². The van der Waals surface area contributed by atoms with Gasteiger partial charge in [-0.1, -0.05) is 143 Å². The van der Waals surface area contributed by atoms with Gasteiger partial charge in [-0.25, -0.2) is 0 Å². The molecule has 0 aliphatic heterocycles. The van der Waals surface area contributed by atoms with Crippen molar-refractivity contribution in [1.29, 1.82) is 0 Å². The molecule has 1 unspecified atom stereocenters. The predicted molar refractivity (Wildman–Crippen MR) is 152 cm³/mol. The number of aryl methyl sites for hydroxylation is 1. The van der Waals surface area contributed by atoms with Crippen LogP contribution < -0.4 is 0 Å². The summed E-state index contributed by atoms with van der Waals surface area (Å²) in [4.78, 5) is 0. The van der Waals surface area contributed by atoms with Crippen LogP contribution in [0.5, 0.6) is 0 Å². The van der Waals surface area contributed by atoms with Crippen LogP contribution in [0.3, 0.4) is 0 Å². The number of aliphatic hydroxyl groups is 1. The lowest BCUT2D eigenvalue weighted by atomic mass is 9.46. The first kappa shape index (κ1) is 25.9. The van der Waals surface area contributed by atoms with Crippen molar-refractivity contribution >= 4 is 0 Å². The Labute approximate surface area is 217 Å². The molecule has 4 aromatic carbocycles. The molecule has 0 saturated heterocycles. The van der Waals surface area contributed by atoms with E-state index < -0.39 is 11.0 Å². The van der Waals surface area contributed by atoms with Crippen molar-refractivity contribution in [2.24, 2.45) is 5.41 Å². The maximum atomic E-state index is 13.6. The van der Waals surface area contributed by atoms with Crippen LogP contribution in [0.4, 0.5) is 0 Å². The van der Waals surface area contributed by atoms with Gasteiger partial charge < -0.3 is 5.11 Å². The molecule has 4 aromatic rings. The topological polar surface area (TPSA) is 20.2 Å². The van der Waals surface area contributed by atoms with E-state index in [0.717, 1.165) is 36.0 Å². The lowest BCUT2D eigenvalue weighted by molar-refractivity contribution is -0.0517. The normalized spacial score (nSPS) is 13.8. The summed E-state index contributed by atoms with van der Waals surface area (Å²) in [7, 11) is 0. The van der Waals surface area contributed by atoms with Gasteiger partial charge in [-0.15, -0.1) is 0 Å². The van der Waals surface area contributed by atoms with E-state index >= 15 is 0 Å². The molecule has 1 atom stereocenters. The van der Waals surface area contributed by atoms with Crippen LogP contribution >= 0.6 is 0 Å². The fraction of sp³-hybridized carbons (Fsp3) is 0.314. The summed E-state index contributed by atoms with van der Waals surface area (Å²) in [6.45, 7) is 11.4. The standard InChI is InChI=1S/C35H40O/c1-6-7-26-33(4,5)34(29-19-11-8-12-20-29,32-25-17-18-27(2)28(32)3)35(36,30-21-13-9-14-22-30)31-23-15-10-16-24-31/h8-25,36H,6-7,26H2,1-5H3. The number of hydrogen-bond acceptors (Lipinski definition) is 1. The zero-order chi connectivity index (χ0) is 25.8. The molecule has 0 amide bonds. The summed E-state index contributed by atoms with van der Waals surface area (Å²) in [5.74, 6) is 0. The van der Waals surface area contributed by atoms with Crippen molar-refractivity contribution in [3.05, 3.63) is 143 Å². The van der Waals surface area contributed by atoms with Crippen molar-refractivity contribution < 1.29 is 5.11 Å². The summed E-state index contributed by atoms with van der Waals surface area (Å²) < 4.78 is 0. The van der Waals surface area contributed by atoms with Crippen LogP contribution in [0.2, 0.25) is 0 Å². The fourth-order valence-electron chi connectivity index (χ4n) is 6.41. The van der Waals surface area contributed by atoms with E-state index in [1.165, 1.54) is 16.7 Å². The summed E-state index contributed by atoms with van der Waals surface area (Å²) in [6.07, 6.45) is 3.18. The number of benzene rings is 4. The van der Waals surface area contributed by atoms with E-state index in [9.17, 15) is 5.11 Å². The predicted octanol–water partition coefficient (Wildman–Crippen LogP) is 8.74. The van der Waals surface area contributed by atoms with Gasteiger partial charge in [0.2, 0.25) is 0 Å². The second-order valence-electron chi connectivity index (χ2n) is 10.8. The molecule has 4 rings (SSSR count). The van der Waals surface area contributed by atoms with Crippen LogP contribution in [0, 0.1) is 19.3 Å². The molecular formula is C35H40O. The molecule has 0 heterocycles. The van der Waals surface area contributed by atoms with Gasteiger partial charge in [-0.3, -0.25) is 0 Å². The summed E-state index contributed by atoms with van der Waals surface area (Å²) in [6, 6.07) is 37.9. The number of hydrogen-bond donors (Lipinski definition) is 1. The number of unbranched alkanes of at least 4 members (excludes halogenated alkanes) is 1. The molecule has 0 aliphatic rings. The molecule has 186 valence electrons. The van der Waals surface area contributed by atoms with Gasteiger partial charge >= 0.3 is 0 Å². The highest BCUT2D eigenvalue weighted by molar-refractivity contribution is 5.57. The Morgan fingerprint density at radius 3 is 1.56 bits per heavy atom. The van der Waals surface area contributed by atoms with Crippen molar-refractivity contribution in [1.82, 2.24) is 0 Å². The van der Waals surface area contributed by atoms with Gasteiger partial charge in [0.25, 0.3) is 0 Å². The second kappa shape index (κ2) is 10.4. The minimum atomic E-state index is -1.33. The molecule has 0 spiro atoms. The molecule has 0 saturated carbocycles. The second-order valence-corrected chi connectivity index (χ2v) is 10.8. The maximum Gasteiger partial charge on any atom is 0.129 e. The highest BCUT2D eigenvalue weighted by Gasteiger charge is 2.62. The third-order valence-corrected chi connectivity index (χ3v) is 8.31. The first-order valence-electron chi connectivity index (χ1n) is 13.3. The van der Waals surface area contributed by atoms with Gasteiger partial charge in [0, 0.05) is 0 Å². The number of rotatable bonds is 9. The Hall–Kier alpha value is -3.16. The highest BCUT2D eigenvalue weighted by Crippen LogP contribution is 2.62. The van der Waals surface area contributed by atoms with Gasteiger partial charge in [0.1, 0.15) is 5.60 Å². The van der Waals surface area contributed by atoms with Gasteiger partial charge in [0.05, 0.1) is 5.41 Å². The van der Waals surface area contributed by atoms with Gasteiger partial charge in [0.15, 0.2) is 0 Å².